The van der Waals surface area contributed by atoms with Crippen LogP contribution < -0.4 is 10.6 Å². The normalized spacial score (nSPS) is 13.8. The highest BCUT2D eigenvalue weighted by Crippen LogP contribution is 2.28. The lowest BCUT2D eigenvalue weighted by molar-refractivity contribution is 0.979. The van der Waals surface area contributed by atoms with Gasteiger partial charge in [-0.1, -0.05) is 48.0 Å². The molecular weight excluding hydrogens is 326 g/mol. The maximum Gasteiger partial charge on any atom is 0.196 e. The van der Waals surface area contributed by atoms with Gasteiger partial charge in [-0.2, -0.15) is 0 Å². The van der Waals surface area contributed by atoms with Gasteiger partial charge in [-0.3, -0.25) is 0 Å². The van der Waals surface area contributed by atoms with Crippen LogP contribution >= 0.6 is 17.0 Å². The molecule has 0 atom stereocenters. The first kappa shape index (κ1) is 15.6. The molecule has 0 fully saturated rings. The average Bonchev–Trinajstić information content (AvgIpc) is 2.89. The minimum atomic E-state index is 0. The molecule has 0 aliphatic carbocycles. The highest BCUT2D eigenvalue weighted by Gasteiger charge is 2.21. The zero-order valence-corrected chi connectivity index (χ0v) is 13.8. The molecule has 110 valence electrons. The fourth-order valence-electron chi connectivity index (χ4n) is 2.61. The van der Waals surface area contributed by atoms with Crippen molar-refractivity contribution < 1.29 is 0 Å². The van der Waals surface area contributed by atoms with Gasteiger partial charge in [0.25, 0.3) is 0 Å². The van der Waals surface area contributed by atoms with Crippen molar-refractivity contribution in [1.82, 2.24) is 0 Å². The van der Waals surface area contributed by atoms with Crippen LogP contribution in [0, 0.1) is 6.92 Å². The zero-order chi connectivity index (χ0) is 13.9. The van der Waals surface area contributed by atoms with E-state index in [0.29, 0.717) is 12.5 Å². The van der Waals surface area contributed by atoms with E-state index in [1.807, 2.05) is 18.2 Å². The van der Waals surface area contributed by atoms with E-state index in [-0.39, 0.29) is 17.0 Å². The lowest BCUT2D eigenvalue weighted by Gasteiger charge is -2.18. The zero-order valence-electron chi connectivity index (χ0n) is 12.1. The molecule has 1 aliphatic rings. The van der Waals surface area contributed by atoms with E-state index in [2.05, 4.69) is 47.1 Å². The molecule has 0 radical (unpaired) electrons. The molecule has 0 bridgehead atoms. The van der Waals surface area contributed by atoms with Crippen LogP contribution in [0.25, 0.3) is 0 Å². The van der Waals surface area contributed by atoms with Gasteiger partial charge in [0.1, 0.15) is 0 Å². The summed E-state index contributed by atoms with van der Waals surface area (Å²) in [6.07, 6.45) is 1.04. The van der Waals surface area contributed by atoms with E-state index in [4.69, 9.17) is 5.73 Å². The lowest BCUT2D eigenvalue weighted by Crippen LogP contribution is -2.36. The topological polar surface area (TPSA) is 41.6 Å². The van der Waals surface area contributed by atoms with Gasteiger partial charge in [0.2, 0.25) is 0 Å². The summed E-state index contributed by atoms with van der Waals surface area (Å²) >= 11 is 0. The number of benzene rings is 2. The van der Waals surface area contributed by atoms with Crippen LogP contribution in [0.15, 0.2) is 53.5 Å². The lowest BCUT2D eigenvalue weighted by atomic mass is 10.1. The quantitative estimate of drug-likeness (QED) is 0.668. The van der Waals surface area contributed by atoms with Crippen LogP contribution in [0.5, 0.6) is 0 Å². The van der Waals surface area contributed by atoms with Crippen molar-refractivity contribution in [2.24, 2.45) is 10.7 Å². The molecule has 3 nitrogen and oxygen atoms in total. The molecule has 21 heavy (non-hydrogen) atoms. The second-order valence-electron chi connectivity index (χ2n) is 5.19. The van der Waals surface area contributed by atoms with Gasteiger partial charge < -0.3 is 10.6 Å². The minimum absolute atomic E-state index is 0. The number of aryl methyl sites for hydroxylation is 1. The second kappa shape index (κ2) is 6.76. The summed E-state index contributed by atoms with van der Waals surface area (Å²) < 4.78 is 0. The summed E-state index contributed by atoms with van der Waals surface area (Å²) in [5.74, 6) is 0.608. The maximum atomic E-state index is 6.16. The summed E-state index contributed by atoms with van der Waals surface area (Å²) in [5.41, 5.74) is 11.2. The molecule has 0 unspecified atom stereocenters. The monoisotopic (exact) mass is 345 g/mol. The molecule has 0 saturated heterocycles. The first-order valence-corrected chi connectivity index (χ1v) is 6.95. The Morgan fingerprint density at radius 1 is 1.19 bits per heavy atom. The van der Waals surface area contributed by atoms with E-state index >= 15 is 0 Å². The van der Waals surface area contributed by atoms with E-state index < -0.39 is 0 Å². The van der Waals surface area contributed by atoms with Crippen molar-refractivity contribution in [3.63, 3.8) is 0 Å². The van der Waals surface area contributed by atoms with E-state index in [1.54, 1.807) is 0 Å². The van der Waals surface area contributed by atoms with Crippen molar-refractivity contribution >= 4 is 28.6 Å². The Morgan fingerprint density at radius 3 is 2.71 bits per heavy atom. The molecule has 2 N–H and O–H groups in total. The summed E-state index contributed by atoms with van der Waals surface area (Å²) in [5, 5.41) is 0. The highest BCUT2D eigenvalue weighted by molar-refractivity contribution is 8.93. The smallest absolute Gasteiger partial charge is 0.196 e. The minimum Gasteiger partial charge on any atom is -0.370 e. The van der Waals surface area contributed by atoms with Crippen LogP contribution in [-0.2, 0) is 13.0 Å². The number of hydrogen-bond acceptors (Lipinski definition) is 1. The highest BCUT2D eigenvalue weighted by atomic mass is 79.9. The van der Waals surface area contributed by atoms with E-state index in [1.165, 1.54) is 22.4 Å². The third-order valence-electron chi connectivity index (χ3n) is 3.67. The number of fused-ring (bicyclic) bond motifs is 1. The van der Waals surface area contributed by atoms with Gasteiger partial charge in [-0.15, -0.1) is 17.0 Å². The first-order valence-electron chi connectivity index (χ1n) is 6.95. The van der Waals surface area contributed by atoms with Crippen molar-refractivity contribution in [1.29, 1.82) is 0 Å². The molecule has 0 amide bonds. The summed E-state index contributed by atoms with van der Waals surface area (Å²) in [7, 11) is 0. The van der Waals surface area contributed by atoms with E-state index in [0.717, 1.165) is 13.0 Å². The van der Waals surface area contributed by atoms with Gasteiger partial charge >= 0.3 is 0 Å². The molecule has 3 rings (SSSR count). The molecule has 0 spiro atoms. The summed E-state index contributed by atoms with van der Waals surface area (Å²) in [4.78, 5) is 6.63. The average molecular weight is 346 g/mol. The Labute approximate surface area is 136 Å². The fraction of sp³-hybridized carbons (Fsp3) is 0.235. The molecule has 2 aromatic carbocycles. The van der Waals surface area contributed by atoms with Gasteiger partial charge in [0, 0.05) is 12.2 Å². The molecular formula is C17H20BrN3. The Hall–Kier alpha value is -1.81. The second-order valence-corrected chi connectivity index (χ2v) is 5.19. The third kappa shape index (κ3) is 3.45. The van der Waals surface area contributed by atoms with Crippen LogP contribution in [0.1, 0.15) is 16.7 Å². The van der Waals surface area contributed by atoms with E-state index in [9.17, 15) is 0 Å². The van der Waals surface area contributed by atoms with Gasteiger partial charge in [-0.05, 0) is 30.5 Å². The Morgan fingerprint density at radius 2 is 1.95 bits per heavy atom. The van der Waals surface area contributed by atoms with Crippen molar-refractivity contribution in [3.8, 4) is 0 Å². The van der Waals surface area contributed by atoms with Crippen LogP contribution in [0.2, 0.25) is 0 Å². The fourth-order valence-corrected chi connectivity index (χ4v) is 2.61. The third-order valence-corrected chi connectivity index (χ3v) is 3.67. The number of anilines is 1. The molecule has 2 aromatic rings. The Bertz CT molecular complexity index is 638. The standard InChI is InChI=1S/C17H19N3.BrH/c1-13-7-8-16-15(11-13)9-10-20(16)17(18)19-12-14-5-3-2-4-6-14;/h2-8,11H,9-10,12H2,1H3,(H2,18,19);1H. The molecule has 0 aromatic heterocycles. The van der Waals surface area contributed by atoms with Gasteiger partial charge in [0.15, 0.2) is 5.96 Å². The number of rotatable bonds is 2. The number of halogens is 1. The Kier molecular flexibility index (Phi) is 5.02. The number of hydrogen-bond donors (Lipinski definition) is 1. The van der Waals surface area contributed by atoms with Crippen LogP contribution in [0.4, 0.5) is 5.69 Å². The van der Waals surface area contributed by atoms with Crippen molar-refractivity contribution in [3.05, 3.63) is 65.2 Å². The Balaban J connectivity index is 0.00000161. The number of guanidine groups is 1. The number of nitrogens with two attached hydrogens (primary N) is 1. The molecule has 0 saturated carbocycles. The van der Waals surface area contributed by atoms with Gasteiger partial charge in [-0.25, -0.2) is 4.99 Å². The predicted octanol–water partition coefficient (Wildman–Crippen LogP) is 3.45. The van der Waals surface area contributed by atoms with Crippen LogP contribution in [-0.4, -0.2) is 12.5 Å². The first-order chi connectivity index (χ1) is 9.74. The number of aliphatic imine (C=N–C) groups is 1. The van der Waals surface area contributed by atoms with Gasteiger partial charge in [0.05, 0.1) is 6.54 Å². The molecule has 1 aliphatic heterocycles. The summed E-state index contributed by atoms with van der Waals surface area (Å²) in [6, 6.07) is 16.7. The number of nitrogens with zero attached hydrogens (tertiary/aromatic N) is 2. The molecule has 4 heteroatoms. The predicted molar refractivity (Wildman–Crippen MR) is 94.3 cm³/mol. The largest absolute Gasteiger partial charge is 0.370 e. The summed E-state index contributed by atoms with van der Waals surface area (Å²) in [6.45, 7) is 3.67. The maximum absolute atomic E-state index is 6.16. The SMILES string of the molecule is Br.Cc1ccc2c(c1)CCN2C(N)=NCc1ccccc1. The van der Waals surface area contributed by atoms with Crippen molar-refractivity contribution in [2.45, 2.75) is 19.9 Å². The van der Waals surface area contributed by atoms with Crippen LogP contribution in [0.3, 0.4) is 0 Å². The van der Waals surface area contributed by atoms with Crippen molar-refractivity contribution in [2.75, 3.05) is 11.4 Å². The molecule has 1 heterocycles.